The van der Waals surface area contributed by atoms with Crippen molar-refractivity contribution in [2.24, 2.45) is 11.8 Å². The monoisotopic (exact) mass is 227 g/mol. The molecule has 2 saturated heterocycles. The Labute approximate surface area is 96.0 Å². The number of hydrogen-bond acceptors (Lipinski definition) is 4. The van der Waals surface area contributed by atoms with E-state index in [9.17, 15) is 9.90 Å². The summed E-state index contributed by atoms with van der Waals surface area (Å²) >= 11 is 0. The van der Waals surface area contributed by atoms with Crippen LogP contribution in [0.1, 0.15) is 32.6 Å². The summed E-state index contributed by atoms with van der Waals surface area (Å²) in [5.41, 5.74) is 2.20. The molecule has 0 spiro atoms. The summed E-state index contributed by atoms with van der Waals surface area (Å²) in [6.07, 6.45) is 3.87. The molecule has 0 aromatic rings. The molecule has 2 rings (SSSR count). The Morgan fingerprint density at radius 3 is 2.56 bits per heavy atom. The lowest BCUT2D eigenvalue weighted by atomic mass is 9.98. The van der Waals surface area contributed by atoms with Crippen LogP contribution in [-0.4, -0.2) is 40.6 Å². The van der Waals surface area contributed by atoms with E-state index >= 15 is 0 Å². The van der Waals surface area contributed by atoms with Crippen LogP contribution in [-0.2, 0) is 4.79 Å². The Hall–Kier alpha value is -0.650. The lowest BCUT2D eigenvalue weighted by molar-refractivity contribution is -0.125. The summed E-state index contributed by atoms with van der Waals surface area (Å²) in [6.45, 7) is 2.65. The number of carbonyl (C=O) groups excluding carboxylic acids is 1. The first-order valence-electron chi connectivity index (χ1n) is 6.06. The second-order valence-corrected chi connectivity index (χ2v) is 5.12. The van der Waals surface area contributed by atoms with Crippen molar-refractivity contribution in [1.82, 2.24) is 10.3 Å². The van der Waals surface area contributed by atoms with Crippen LogP contribution in [0.2, 0.25) is 0 Å². The van der Waals surface area contributed by atoms with Crippen LogP contribution < -0.4 is 11.3 Å². The molecule has 3 unspecified atom stereocenters. The fourth-order valence-corrected chi connectivity index (χ4v) is 3.08. The minimum atomic E-state index is -0.146. The summed E-state index contributed by atoms with van der Waals surface area (Å²) in [4.78, 5) is 13.8. The fourth-order valence-electron chi connectivity index (χ4n) is 3.08. The molecule has 2 fully saturated rings. The average Bonchev–Trinajstić information content (AvgIpc) is 2.51. The molecular formula is C11H21N3O2. The molecule has 92 valence electrons. The summed E-state index contributed by atoms with van der Waals surface area (Å²) in [5.74, 6) is 4.94. The van der Waals surface area contributed by atoms with Gasteiger partial charge in [-0.05, 0) is 25.7 Å². The van der Waals surface area contributed by atoms with E-state index in [1.54, 1.807) is 0 Å². The number of nitrogens with zero attached hydrogens (tertiary/aromatic N) is 1. The summed E-state index contributed by atoms with van der Waals surface area (Å²) in [5, 5.41) is 9.67. The number of aliphatic hydroxyl groups excluding tert-OH is 1. The van der Waals surface area contributed by atoms with E-state index in [0.29, 0.717) is 12.1 Å². The molecule has 0 aromatic carbocycles. The van der Waals surface area contributed by atoms with Gasteiger partial charge in [0.15, 0.2) is 0 Å². The molecule has 5 nitrogen and oxygen atoms in total. The van der Waals surface area contributed by atoms with Crippen LogP contribution in [0.5, 0.6) is 0 Å². The Morgan fingerprint density at radius 1 is 1.50 bits per heavy atom. The van der Waals surface area contributed by atoms with Gasteiger partial charge >= 0.3 is 0 Å². The molecule has 16 heavy (non-hydrogen) atoms. The van der Waals surface area contributed by atoms with Crippen molar-refractivity contribution in [3.63, 3.8) is 0 Å². The first-order valence-corrected chi connectivity index (χ1v) is 6.06. The van der Waals surface area contributed by atoms with Gasteiger partial charge in [-0.3, -0.25) is 15.1 Å². The Kier molecular flexibility index (Phi) is 3.47. The number of fused-ring (bicyclic) bond motifs is 2. The highest BCUT2D eigenvalue weighted by atomic mass is 16.3. The van der Waals surface area contributed by atoms with Gasteiger partial charge in [-0.2, -0.15) is 0 Å². The topological polar surface area (TPSA) is 78.6 Å². The zero-order valence-corrected chi connectivity index (χ0v) is 9.72. The molecule has 2 heterocycles. The number of hydrogen-bond donors (Lipinski definition) is 3. The van der Waals surface area contributed by atoms with E-state index < -0.39 is 0 Å². The van der Waals surface area contributed by atoms with Gasteiger partial charge in [0.1, 0.15) is 0 Å². The van der Waals surface area contributed by atoms with Crippen LogP contribution in [0.4, 0.5) is 0 Å². The number of rotatable bonds is 3. The molecule has 0 aliphatic carbocycles. The van der Waals surface area contributed by atoms with E-state index in [2.05, 4.69) is 10.3 Å². The van der Waals surface area contributed by atoms with Gasteiger partial charge in [0.25, 0.3) is 0 Å². The van der Waals surface area contributed by atoms with Crippen molar-refractivity contribution < 1.29 is 9.90 Å². The van der Waals surface area contributed by atoms with Crippen molar-refractivity contribution in [3.8, 4) is 0 Å². The molecule has 0 aromatic heterocycles. The minimum Gasteiger partial charge on any atom is -0.393 e. The van der Waals surface area contributed by atoms with Crippen molar-refractivity contribution in [2.45, 2.75) is 50.8 Å². The summed E-state index contributed by atoms with van der Waals surface area (Å²) in [6, 6.07) is 0.920. The molecule has 4 N–H and O–H groups in total. The molecular weight excluding hydrogens is 206 g/mol. The molecule has 2 aliphatic rings. The highest BCUT2D eigenvalue weighted by Gasteiger charge is 2.40. The van der Waals surface area contributed by atoms with Crippen molar-refractivity contribution in [1.29, 1.82) is 0 Å². The van der Waals surface area contributed by atoms with Gasteiger partial charge in [-0.25, -0.2) is 5.84 Å². The van der Waals surface area contributed by atoms with Crippen molar-refractivity contribution in [3.05, 3.63) is 0 Å². The maximum atomic E-state index is 11.4. The SMILES string of the molecule is CC(CN1C2CCC1CC(O)C2)C(=O)NN. The quantitative estimate of drug-likeness (QED) is 0.348. The van der Waals surface area contributed by atoms with Gasteiger partial charge in [-0.15, -0.1) is 0 Å². The molecule has 2 bridgehead atoms. The molecule has 1 amide bonds. The maximum absolute atomic E-state index is 11.4. The first-order chi connectivity index (χ1) is 7.61. The highest BCUT2D eigenvalue weighted by Crippen LogP contribution is 2.36. The molecule has 0 saturated carbocycles. The number of amides is 1. The predicted molar refractivity (Wildman–Crippen MR) is 60.3 cm³/mol. The minimum absolute atomic E-state index is 0.0802. The maximum Gasteiger partial charge on any atom is 0.237 e. The third kappa shape index (κ3) is 2.21. The summed E-state index contributed by atoms with van der Waals surface area (Å²) in [7, 11) is 0. The van der Waals surface area contributed by atoms with Crippen LogP contribution in [0, 0.1) is 5.92 Å². The Balaban J connectivity index is 1.93. The smallest absolute Gasteiger partial charge is 0.237 e. The number of nitrogens with two attached hydrogens (primary N) is 1. The molecule has 3 atom stereocenters. The van der Waals surface area contributed by atoms with Gasteiger partial charge in [0, 0.05) is 24.5 Å². The fraction of sp³-hybridized carbons (Fsp3) is 0.909. The average molecular weight is 227 g/mol. The predicted octanol–water partition coefficient (Wildman–Crippen LogP) is -0.400. The van der Waals surface area contributed by atoms with E-state index in [1.165, 1.54) is 0 Å². The van der Waals surface area contributed by atoms with Crippen molar-refractivity contribution >= 4 is 5.91 Å². The summed E-state index contributed by atoms with van der Waals surface area (Å²) < 4.78 is 0. The largest absolute Gasteiger partial charge is 0.393 e. The van der Waals surface area contributed by atoms with Crippen LogP contribution in [0.3, 0.4) is 0 Å². The normalized spacial score (nSPS) is 36.1. The van der Waals surface area contributed by atoms with Gasteiger partial charge in [0.2, 0.25) is 5.91 Å². The van der Waals surface area contributed by atoms with Gasteiger partial charge in [-0.1, -0.05) is 6.92 Å². The standard InChI is InChI=1S/C11H21N3O2/c1-7(11(16)13-12)6-14-8-2-3-9(14)5-10(15)4-8/h7-10,15H,2-6,12H2,1H3,(H,13,16). The molecule has 0 radical (unpaired) electrons. The highest BCUT2D eigenvalue weighted by molar-refractivity contribution is 5.77. The second-order valence-electron chi connectivity index (χ2n) is 5.12. The lowest BCUT2D eigenvalue weighted by Gasteiger charge is -2.38. The Morgan fingerprint density at radius 2 is 2.06 bits per heavy atom. The van der Waals surface area contributed by atoms with Crippen LogP contribution in [0.25, 0.3) is 0 Å². The zero-order valence-electron chi connectivity index (χ0n) is 9.72. The second kappa shape index (κ2) is 4.69. The lowest BCUT2D eigenvalue weighted by Crippen LogP contribution is -2.49. The van der Waals surface area contributed by atoms with E-state index in [0.717, 1.165) is 32.2 Å². The van der Waals surface area contributed by atoms with Crippen LogP contribution >= 0.6 is 0 Å². The molecule has 5 heteroatoms. The van der Waals surface area contributed by atoms with Crippen LogP contribution in [0.15, 0.2) is 0 Å². The number of nitrogens with one attached hydrogen (secondary N) is 1. The number of piperidine rings is 1. The zero-order chi connectivity index (χ0) is 11.7. The first kappa shape index (κ1) is 11.8. The third-order valence-electron chi connectivity index (χ3n) is 3.93. The third-order valence-corrected chi connectivity index (χ3v) is 3.93. The van der Waals surface area contributed by atoms with E-state index in [-0.39, 0.29) is 17.9 Å². The molecule has 2 aliphatic heterocycles. The van der Waals surface area contributed by atoms with Gasteiger partial charge in [0.05, 0.1) is 6.10 Å². The van der Waals surface area contributed by atoms with E-state index in [1.807, 2.05) is 6.92 Å². The number of aliphatic hydroxyl groups is 1. The number of carbonyl (C=O) groups is 1. The number of hydrazine groups is 1. The van der Waals surface area contributed by atoms with E-state index in [4.69, 9.17) is 5.84 Å². The van der Waals surface area contributed by atoms with Gasteiger partial charge < -0.3 is 5.11 Å². The van der Waals surface area contributed by atoms with Crippen molar-refractivity contribution in [2.75, 3.05) is 6.54 Å². The Bertz CT molecular complexity index is 258.